The Bertz CT molecular complexity index is 607. The van der Waals surface area contributed by atoms with E-state index in [0.717, 1.165) is 17.5 Å². The summed E-state index contributed by atoms with van der Waals surface area (Å²) in [6.45, 7) is 0. The Hall–Kier alpha value is -1.66. The smallest absolute Gasteiger partial charge is 0.345 e. The van der Waals surface area contributed by atoms with Crippen LogP contribution in [0.15, 0.2) is 12.3 Å². The molecule has 0 aromatic carbocycles. The third-order valence-electron chi connectivity index (χ3n) is 1.92. The van der Waals surface area contributed by atoms with E-state index in [1.807, 2.05) is 0 Å². The van der Waals surface area contributed by atoms with Crippen LogP contribution in [0.4, 0.5) is 0 Å². The molecule has 2 N–H and O–H groups in total. The molecule has 0 amide bonds. The minimum absolute atomic E-state index is 0.0231. The van der Waals surface area contributed by atoms with Gasteiger partial charge >= 0.3 is 11.9 Å². The molecule has 5 nitrogen and oxygen atoms in total. The molecule has 0 unspecified atom stereocenters. The highest BCUT2D eigenvalue weighted by Gasteiger charge is 2.17. The standard InChI is InChI=1S/C9H4ClNO4S/c10-6-3(8(12)13)2-11-4-1-5(9(14)15)16-7(4)6/h1-2H,(H,12,13)(H,14,15). The second-order valence-electron chi connectivity index (χ2n) is 2.92. The van der Waals surface area contributed by atoms with Crippen LogP contribution in [0.5, 0.6) is 0 Å². The Kier molecular flexibility index (Phi) is 2.53. The first-order valence-electron chi connectivity index (χ1n) is 4.05. The number of fused-ring (bicyclic) bond motifs is 1. The van der Waals surface area contributed by atoms with Gasteiger partial charge in [-0.05, 0) is 6.07 Å². The summed E-state index contributed by atoms with van der Waals surface area (Å²) >= 11 is 6.76. The average Bonchev–Trinajstić information content (AvgIpc) is 2.62. The van der Waals surface area contributed by atoms with Crippen LogP contribution in [-0.2, 0) is 0 Å². The molecule has 0 fully saturated rings. The SMILES string of the molecule is O=C(O)c1cc2ncc(C(=O)O)c(Cl)c2s1. The highest BCUT2D eigenvalue weighted by molar-refractivity contribution is 7.21. The van der Waals surface area contributed by atoms with Crippen LogP contribution in [0.1, 0.15) is 20.0 Å². The lowest BCUT2D eigenvalue weighted by Crippen LogP contribution is -1.97. The number of carbonyl (C=O) groups is 2. The fraction of sp³-hybridized carbons (Fsp3) is 0. The van der Waals surface area contributed by atoms with Gasteiger partial charge in [0.15, 0.2) is 0 Å². The van der Waals surface area contributed by atoms with Crippen LogP contribution in [-0.4, -0.2) is 27.1 Å². The van der Waals surface area contributed by atoms with Gasteiger partial charge in [0.05, 0.1) is 20.8 Å². The molecule has 0 aliphatic heterocycles. The average molecular weight is 258 g/mol. The number of halogens is 1. The summed E-state index contributed by atoms with van der Waals surface area (Å²) < 4.78 is 0.374. The van der Waals surface area contributed by atoms with Gasteiger partial charge in [0, 0.05) is 6.20 Å². The predicted octanol–water partition coefficient (Wildman–Crippen LogP) is 2.35. The van der Waals surface area contributed by atoms with Crippen molar-refractivity contribution in [3.05, 3.63) is 27.7 Å². The summed E-state index contributed by atoms with van der Waals surface area (Å²) in [5.74, 6) is -2.28. The van der Waals surface area contributed by atoms with E-state index in [1.54, 1.807) is 0 Å². The molecule has 0 aliphatic carbocycles. The summed E-state index contributed by atoms with van der Waals surface area (Å²) in [7, 11) is 0. The largest absolute Gasteiger partial charge is 0.478 e. The lowest BCUT2D eigenvalue weighted by Gasteiger charge is -1.97. The van der Waals surface area contributed by atoms with Crippen LogP contribution < -0.4 is 0 Å². The summed E-state index contributed by atoms with van der Waals surface area (Å²) in [4.78, 5) is 25.4. The topological polar surface area (TPSA) is 87.5 Å². The van der Waals surface area contributed by atoms with Crippen molar-refractivity contribution < 1.29 is 19.8 Å². The molecule has 0 saturated heterocycles. The van der Waals surface area contributed by atoms with Crippen LogP contribution >= 0.6 is 22.9 Å². The van der Waals surface area contributed by atoms with Gasteiger partial charge in [0.2, 0.25) is 0 Å². The van der Waals surface area contributed by atoms with Gasteiger partial charge in [-0.2, -0.15) is 0 Å². The molecule has 2 aromatic rings. The molecular weight excluding hydrogens is 254 g/mol. The lowest BCUT2D eigenvalue weighted by molar-refractivity contribution is 0.0688. The van der Waals surface area contributed by atoms with Crippen LogP contribution in [0.2, 0.25) is 5.02 Å². The van der Waals surface area contributed by atoms with Gasteiger partial charge in [-0.3, -0.25) is 4.98 Å². The Morgan fingerprint density at radius 3 is 2.56 bits per heavy atom. The Labute approximate surface area is 97.9 Å². The number of aromatic carboxylic acids is 2. The maximum atomic E-state index is 10.8. The van der Waals surface area contributed by atoms with Crippen LogP contribution in [0.25, 0.3) is 10.2 Å². The van der Waals surface area contributed by atoms with E-state index >= 15 is 0 Å². The minimum atomic E-state index is -1.19. The van der Waals surface area contributed by atoms with Crippen molar-refractivity contribution in [2.75, 3.05) is 0 Å². The second-order valence-corrected chi connectivity index (χ2v) is 4.35. The number of pyridine rings is 1. The second kappa shape index (κ2) is 3.73. The van der Waals surface area contributed by atoms with E-state index in [1.165, 1.54) is 6.07 Å². The number of hydrogen-bond acceptors (Lipinski definition) is 4. The van der Waals surface area contributed by atoms with Crippen molar-refractivity contribution in [1.29, 1.82) is 0 Å². The molecular formula is C9H4ClNO4S. The Balaban J connectivity index is 2.74. The van der Waals surface area contributed by atoms with Crippen molar-refractivity contribution in [3.63, 3.8) is 0 Å². The third-order valence-corrected chi connectivity index (χ3v) is 3.56. The van der Waals surface area contributed by atoms with E-state index in [4.69, 9.17) is 21.8 Å². The van der Waals surface area contributed by atoms with Crippen LogP contribution in [0.3, 0.4) is 0 Å². The summed E-state index contributed by atoms with van der Waals surface area (Å²) in [6, 6.07) is 1.36. The number of carboxylic acids is 2. The van der Waals surface area contributed by atoms with Crippen molar-refractivity contribution >= 4 is 45.1 Å². The maximum absolute atomic E-state index is 10.8. The summed E-state index contributed by atoms with van der Waals surface area (Å²) in [5.41, 5.74) is 0.255. The lowest BCUT2D eigenvalue weighted by atomic mass is 10.2. The molecule has 16 heavy (non-hydrogen) atoms. The van der Waals surface area contributed by atoms with Crippen molar-refractivity contribution in [2.45, 2.75) is 0 Å². The number of nitrogens with zero attached hydrogens (tertiary/aromatic N) is 1. The van der Waals surface area contributed by atoms with Crippen molar-refractivity contribution in [2.24, 2.45) is 0 Å². The molecule has 2 aromatic heterocycles. The molecule has 2 heterocycles. The van der Waals surface area contributed by atoms with Crippen LogP contribution in [0, 0.1) is 0 Å². The first kappa shape index (κ1) is 10.8. The predicted molar refractivity (Wildman–Crippen MR) is 58.5 cm³/mol. The molecule has 0 atom stereocenters. The monoisotopic (exact) mass is 257 g/mol. The number of rotatable bonds is 2. The fourth-order valence-corrected chi connectivity index (χ4v) is 2.44. The van der Waals surface area contributed by atoms with Gasteiger partial charge in [0.25, 0.3) is 0 Å². The maximum Gasteiger partial charge on any atom is 0.345 e. The molecule has 82 valence electrons. The molecule has 0 bridgehead atoms. The molecule has 0 radical (unpaired) electrons. The number of aromatic nitrogens is 1. The first-order valence-corrected chi connectivity index (χ1v) is 5.24. The summed E-state index contributed by atoms with van der Waals surface area (Å²) in [6.07, 6.45) is 1.12. The van der Waals surface area contributed by atoms with Gasteiger partial charge < -0.3 is 10.2 Å². The van der Waals surface area contributed by atoms with Gasteiger partial charge in [-0.15, -0.1) is 11.3 Å². The normalized spacial score (nSPS) is 10.6. The zero-order valence-electron chi connectivity index (χ0n) is 7.60. The van der Waals surface area contributed by atoms with E-state index in [2.05, 4.69) is 4.98 Å². The molecule has 0 saturated carbocycles. The zero-order valence-corrected chi connectivity index (χ0v) is 9.17. The highest BCUT2D eigenvalue weighted by Crippen LogP contribution is 2.32. The van der Waals surface area contributed by atoms with Gasteiger partial charge in [-0.25, -0.2) is 9.59 Å². The van der Waals surface area contributed by atoms with E-state index in [0.29, 0.717) is 10.2 Å². The molecule has 0 aliphatic rings. The van der Waals surface area contributed by atoms with E-state index in [-0.39, 0.29) is 15.5 Å². The van der Waals surface area contributed by atoms with Gasteiger partial charge in [0.1, 0.15) is 4.88 Å². The Morgan fingerprint density at radius 1 is 1.31 bits per heavy atom. The number of thiophene rings is 1. The van der Waals surface area contributed by atoms with E-state index < -0.39 is 11.9 Å². The molecule has 7 heteroatoms. The zero-order chi connectivity index (χ0) is 11.9. The summed E-state index contributed by atoms with van der Waals surface area (Å²) in [5, 5.41) is 17.6. The quantitative estimate of drug-likeness (QED) is 0.862. The molecule has 2 rings (SSSR count). The minimum Gasteiger partial charge on any atom is -0.478 e. The van der Waals surface area contributed by atoms with E-state index in [9.17, 15) is 9.59 Å². The van der Waals surface area contributed by atoms with Crippen molar-refractivity contribution in [1.82, 2.24) is 4.98 Å². The third kappa shape index (κ3) is 1.62. The van der Waals surface area contributed by atoms with Crippen molar-refractivity contribution in [3.8, 4) is 0 Å². The highest BCUT2D eigenvalue weighted by atomic mass is 35.5. The number of hydrogen-bond donors (Lipinski definition) is 2. The Morgan fingerprint density at radius 2 is 2.00 bits per heavy atom. The first-order chi connectivity index (χ1) is 7.50. The fourth-order valence-electron chi connectivity index (χ4n) is 1.20. The van der Waals surface area contributed by atoms with Gasteiger partial charge in [-0.1, -0.05) is 11.6 Å². The molecule has 0 spiro atoms. The number of carboxylic acid groups (broad SMARTS) is 2.